The molecule has 0 bridgehead atoms. The first kappa shape index (κ1) is 38.7. The summed E-state index contributed by atoms with van der Waals surface area (Å²) in [6, 6.07) is 24.2. The van der Waals surface area contributed by atoms with Crippen LogP contribution in [0.4, 0.5) is 21.0 Å². The SMILES string of the molecule is Cc1cc2nc3cc(C)c(N(CCCN4C(=O)c5ccccc5C4=O)C(=O)OC(C)(C)C)cc3[n+](-c3ccccc3)c2cc1NC(=O)OC(C)(C)C.[Cl-]. The van der Waals surface area contributed by atoms with Crippen LogP contribution in [0.15, 0.2) is 78.9 Å². The maximum Gasteiger partial charge on any atom is 0.414 e. The Kier molecular flexibility index (Phi) is 10.8. The van der Waals surface area contributed by atoms with Gasteiger partial charge in [-0.2, -0.15) is 0 Å². The number of nitrogens with zero attached hydrogens (tertiary/aromatic N) is 4. The highest BCUT2D eigenvalue weighted by molar-refractivity contribution is 6.21. The van der Waals surface area contributed by atoms with Crippen molar-refractivity contribution in [3.05, 3.63) is 101 Å². The number of aryl methyl sites for hydroxylation is 2. The Hall–Kier alpha value is -5.55. The molecule has 276 valence electrons. The number of ether oxygens (including phenoxy) is 2. The van der Waals surface area contributed by atoms with E-state index in [0.717, 1.165) is 22.3 Å². The summed E-state index contributed by atoms with van der Waals surface area (Å²) in [6.45, 7) is 15.0. The van der Waals surface area contributed by atoms with E-state index >= 15 is 0 Å². The fourth-order valence-electron chi connectivity index (χ4n) is 6.30. The van der Waals surface area contributed by atoms with Crippen LogP contribution in [0.1, 0.15) is 79.8 Å². The summed E-state index contributed by atoms with van der Waals surface area (Å²) in [5, 5.41) is 2.90. The lowest BCUT2D eigenvalue weighted by Gasteiger charge is -2.29. The number of hydrogen-bond donors (Lipinski definition) is 1. The molecule has 0 spiro atoms. The second-order valence-corrected chi connectivity index (χ2v) is 15.0. The minimum Gasteiger partial charge on any atom is -1.00 e. The lowest BCUT2D eigenvalue weighted by atomic mass is 10.1. The monoisotopic (exact) mass is 737 g/mol. The molecule has 1 aliphatic rings. The highest BCUT2D eigenvalue weighted by Gasteiger charge is 2.35. The molecule has 4 aromatic carbocycles. The first-order valence-corrected chi connectivity index (χ1v) is 17.3. The summed E-state index contributed by atoms with van der Waals surface area (Å²) >= 11 is 0. The Morgan fingerprint density at radius 1 is 0.774 bits per heavy atom. The highest BCUT2D eigenvalue weighted by atomic mass is 35.5. The van der Waals surface area contributed by atoms with E-state index in [1.165, 1.54) is 4.90 Å². The van der Waals surface area contributed by atoms with Gasteiger partial charge in [-0.3, -0.25) is 24.7 Å². The molecule has 0 radical (unpaired) electrons. The van der Waals surface area contributed by atoms with Crippen LogP contribution in [0.2, 0.25) is 0 Å². The Morgan fingerprint density at radius 2 is 1.32 bits per heavy atom. The van der Waals surface area contributed by atoms with Crippen molar-refractivity contribution >= 4 is 57.4 Å². The van der Waals surface area contributed by atoms with Crippen molar-refractivity contribution in [3.8, 4) is 5.69 Å². The Morgan fingerprint density at radius 3 is 1.91 bits per heavy atom. The lowest BCUT2D eigenvalue weighted by Crippen LogP contribution is -3.00. The molecule has 0 atom stereocenters. The van der Waals surface area contributed by atoms with Crippen molar-refractivity contribution in [2.45, 2.75) is 73.0 Å². The number of halogens is 1. The molecular formula is C41H44ClN5O6. The third kappa shape index (κ3) is 8.25. The standard InChI is InChI=1S/C41H43N5O6.ClH/c1-25-21-31-34(23-30(25)43-38(49)51-40(3,4)5)46(27-15-10-9-11-16-27)35-24-33(26(2)22-32(35)42-31)44(39(50)52-41(6,7)8)19-14-20-45-36(47)28-17-12-13-18-29(28)37(45)48;/h9-13,15-18,21-24H,14,19-20H2,1-8H3;1H. The van der Waals surface area contributed by atoms with Crippen LogP contribution < -0.4 is 27.2 Å². The quantitative estimate of drug-likeness (QED) is 0.141. The van der Waals surface area contributed by atoms with Gasteiger partial charge >= 0.3 is 12.2 Å². The third-order valence-corrected chi connectivity index (χ3v) is 8.53. The van der Waals surface area contributed by atoms with Crippen LogP contribution in [0.25, 0.3) is 27.8 Å². The van der Waals surface area contributed by atoms with Crippen LogP contribution in [0.5, 0.6) is 0 Å². The molecule has 1 aromatic heterocycles. The number of imide groups is 1. The predicted molar refractivity (Wildman–Crippen MR) is 200 cm³/mol. The van der Waals surface area contributed by atoms with Gasteiger partial charge < -0.3 is 21.9 Å². The first-order chi connectivity index (χ1) is 24.5. The maximum absolute atomic E-state index is 13.9. The maximum atomic E-state index is 13.9. The first-order valence-electron chi connectivity index (χ1n) is 17.3. The number of carbonyl (C=O) groups is 4. The van der Waals surface area contributed by atoms with Crippen molar-refractivity contribution < 1.29 is 45.6 Å². The number of carbonyl (C=O) groups excluding carboxylic acids is 4. The number of anilines is 2. The van der Waals surface area contributed by atoms with Gasteiger partial charge in [0.2, 0.25) is 16.7 Å². The average Bonchev–Trinajstić information content (AvgIpc) is 3.29. The number of para-hydroxylation sites is 1. The van der Waals surface area contributed by atoms with E-state index in [4.69, 9.17) is 14.5 Å². The molecule has 2 heterocycles. The molecule has 53 heavy (non-hydrogen) atoms. The third-order valence-electron chi connectivity index (χ3n) is 8.53. The number of benzene rings is 4. The largest absolute Gasteiger partial charge is 1.00 e. The van der Waals surface area contributed by atoms with E-state index in [2.05, 4.69) is 5.32 Å². The van der Waals surface area contributed by atoms with Gasteiger partial charge in [0, 0.05) is 37.4 Å². The molecule has 0 unspecified atom stereocenters. The molecule has 0 saturated heterocycles. The molecule has 0 fully saturated rings. The van der Waals surface area contributed by atoms with Crippen molar-refractivity contribution in [2.24, 2.45) is 0 Å². The number of aromatic nitrogens is 2. The van der Waals surface area contributed by atoms with E-state index in [9.17, 15) is 19.2 Å². The van der Waals surface area contributed by atoms with Crippen LogP contribution in [-0.4, -0.2) is 58.2 Å². The molecular weight excluding hydrogens is 694 g/mol. The molecule has 12 heteroatoms. The van der Waals surface area contributed by atoms with E-state index in [1.54, 1.807) is 49.9 Å². The van der Waals surface area contributed by atoms with Crippen molar-refractivity contribution in [3.63, 3.8) is 0 Å². The van der Waals surface area contributed by atoms with Crippen molar-refractivity contribution in [1.29, 1.82) is 0 Å². The molecule has 0 saturated carbocycles. The number of hydrogen-bond acceptors (Lipinski definition) is 7. The Labute approximate surface area is 315 Å². The Balaban J connectivity index is 0.00000541. The number of rotatable bonds is 7. The summed E-state index contributed by atoms with van der Waals surface area (Å²) < 4.78 is 13.5. The van der Waals surface area contributed by atoms with Gasteiger partial charge in [-0.05, 0) is 97.2 Å². The van der Waals surface area contributed by atoms with Gasteiger partial charge in [-0.25, -0.2) is 14.6 Å². The van der Waals surface area contributed by atoms with Crippen molar-refractivity contribution in [2.75, 3.05) is 23.3 Å². The summed E-state index contributed by atoms with van der Waals surface area (Å²) in [6.07, 6.45) is -0.811. The summed E-state index contributed by atoms with van der Waals surface area (Å²) in [7, 11) is 0. The fraction of sp³-hybridized carbons (Fsp3) is 0.317. The fourth-order valence-corrected chi connectivity index (χ4v) is 6.30. The van der Waals surface area contributed by atoms with Gasteiger partial charge in [-0.15, -0.1) is 4.57 Å². The second kappa shape index (κ2) is 14.8. The van der Waals surface area contributed by atoms with Crippen LogP contribution in [-0.2, 0) is 9.47 Å². The molecule has 5 aromatic rings. The smallest absolute Gasteiger partial charge is 0.414 e. The normalized spacial score (nSPS) is 12.8. The summed E-state index contributed by atoms with van der Waals surface area (Å²) in [5.74, 6) is -0.687. The zero-order chi connectivity index (χ0) is 37.5. The van der Waals surface area contributed by atoms with Crippen LogP contribution >= 0.6 is 0 Å². The van der Waals surface area contributed by atoms with Gasteiger partial charge in [-0.1, -0.05) is 30.3 Å². The highest BCUT2D eigenvalue weighted by Crippen LogP contribution is 2.31. The van der Waals surface area contributed by atoms with E-state index in [-0.39, 0.29) is 37.3 Å². The molecule has 1 N–H and O–H groups in total. The van der Waals surface area contributed by atoms with Crippen LogP contribution in [0, 0.1) is 13.8 Å². The van der Waals surface area contributed by atoms with Crippen LogP contribution in [0.3, 0.4) is 0 Å². The second-order valence-electron chi connectivity index (χ2n) is 15.0. The minimum atomic E-state index is -0.778. The summed E-state index contributed by atoms with van der Waals surface area (Å²) in [4.78, 5) is 60.7. The van der Waals surface area contributed by atoms with E-state index in [1.807, 2.05) is 93.8 Å². The molecule has 0 aliphatic carbocycles. The van der Waals surface area contributed by atoms with Gasteiger partial charge in [0.25, 0.3) is 11.8 Å². The number of amides is 4. The zero-order valence-corrected chi connectivity index (χ0v) is 32.0. The van der Waals surface area contributed by atoms with E-state index in [0.29, 0.717) is 45.5 Å². The molecule has 11 nitrogen and oxygen atoms in total. The van der Waals surface area contributed by atoms with Gasteiger partial charge in [0.05, 0.1) is 22.5 Å². The minimum absolute atomic E-state index is 0. The Bertz CT molecular complexity index is 2210. The topological polar surface area (TPSA) is 122 Å². The van der Waals surface area contributed by atoms with Gasteiger partial charge in [0.15, 0.2) is 0 Å². The van der Waals surface area contributed by atoms with E-state index < -0.39 is 23.4 Å². The molecule has 1 aliphatic heterocycles. The predicted octanol–water partition coefficient (Wildman–Crippen LogP) is 5.06. The molecule has 4 amide bonds. The number of nitrogens with one attached hydrogen (secondary N) is 1. The number of fused-ring (bicyclic) bond motifs is 3. The van der Waals surface area contributed by atoms with Gasteiger partial charge in [0.1, 0.15) is 22.2 Å². The average molecular weight is 738 g/mol. The lowest BCUT2D eigenvalue weighted by molar-refractivity contribution is -0.538. The van der Waals surface area contributed by atoms with Crippen molar-refractivity contribution in [1.82, 2.24) is 9.88 Å². The molecule has 6 rings (SSSR count). The zero-order valence-electron chi connectivity index (χ0n) is 31.2. The summed E-state index contributed by atoms with van der Waals surface area (Å²) in [5.41, 5.74) is 5.75.